The molecule has 2 heterocycles. The van der Waals surface area contributed by atoms with Gasteiger partial charge in [0.25, 0.3) is 0 Å². The largest absolute Gasteiger partial charge is 0.398 e. The number of nitrogens with zero attached hydrogens (tertiary/aromatic N) is 3. The molecule has 2 amide bonds. The molecule has 1 aromatic rings. The van der Waals surface area contributed by atoms with Crippen molar-refractivity contribution in [3.05, 3.63) is 28.3 Å². The molecule has 3 rings (SSSR count). The van der Waals surface area contributed by atoms with Gasteiger partial charge in [-0.15, -0.1) is 0 Å². The fourth-order valence-corrected chi connectivity index (χ4v) is 2.81. The number of aryl methyl sites for hydroxylation is 1. The Bertz CT molecular complexity index is 659. The zero-order chi connectivity index (χ0) is 16.6. The van der Waals surface area contributed by atoms with Crippen LogP contribution in [-0.4, -0.2) is 48.2 Å². The molecule has 124 valence electrons. The summed E-state index contributed by atoms with van der Waals surface area (Å²) in [7, 11) is 0. The van der Waals surface area contributed by atoms with E-state index in [1.165, 1.54) is 0 Å². The molecule has 2 aliphatic heterocycles. The molecule has 0 saturated carbocycles. The van der Waals surface area contributed by atoms with Crippen LogP contribution in [0, 0.1) is 6.92 Å². The number of benzene rings is 1. The zero-order valence-electron chi connectivity index (χ0n) is 12.8. The van der Waals surface area contributed by atoms with Crippen molar-refractivity contribution in [1.82, 2.24) is 15.2 Å². The molecule has 0 radical (unpaired) electrons. The van der Waals surface area contributed by atoms with Gasteiger partial charge in [-0.3, -0.25) is 5.32 Å². The van der Waals surface area contributed by atoms with E-state index in [1.54, 1.807) is 12.1 Å². The molecule has 5 N–H and O–H groups in total. The van der Waals surface area contributed by atoms with Crippen LogP contribution in [0.25, 0.3) is 0 Å². The minimum absolute atomic E-state index is 0.410. The van der Waals surface area contributed by atoms with E-state index >= 15 is 0 Å². The van der Waals surface area contributed by atoms with Gasteiger partial charge in [-0.25, -0.2) is 20.6 Å². The molecule has 1 saturated heterocycles. The third-order valence-electron chi connectivity index (χ3n) is 3.94. The second-order valence-corrected chi connectivity index (χ2v) is 5.90. The molecule has 2 aliphatic rings. The number of nitrogen functional groups attached to an aromatic ring is 1. The minimum atomic E-state index is -0.653. The minimum Gasteiger partial charge on any atom is -0.398 e. The topological polar surface area (TPSA) is 109 Å². The number of morpholine rings is 1. The van der Waals surface area contributed by atoms with Crippen molar-refractivity contribution in [3.63, 3.8) is 0 Å². The maximum Gasteiger partial charge on any atom is 0.340 e. The lowest BCUT2D eigenvalue weighted by Gasteiger charge is -2.36. The quantitative estimate of drug-likeness (QED) is 0.399. The van der Waals surface area contributed by atoms with Gasteiger partial charge in [-0.1, -0.05) is 11.6 Å². The third kappa shape index (κ3) is 3.05. The number of anilines is 1. The third-order valence-corrected chi connectivity index (χ3v) is 4.26. The lowest BCUT2D eigenvalue weighted by molar-refractivity contribution is 0.0648. The van der Waals surface area contributed by atoms with Crippen molar-refractivity contribution in [2.75, 3.05) is 32.0 Å². The highest BCUT2D eigenvalue weighted by atomic mass is 35.5. The summed E-state index contributed by atoms with van der Waals surface area (Å²) in [5.74, 6) is 6.40. The van der Waals surface area contributed by atoms with Crippen LogP contribution in [0.15, 0.2) is 17.1 Å². The first-order chi connectivity index (χ1) is 11.0. The number of carbonyl (C=O) groups excluding carboxylic acids is 1. The summed E-state index contributed by atoms with van der Waals surface area (Å²) in [5.41, 5.74) is 7.90. The standard InChI is InChI=1S/C14H19ClN6O2/c1-8-6-11(16)10(15)7-9(8)12-18-13(19-14(22)21(12)17)20-2-4-23-5-3-20/h6-7,12H,2-5,16-17H2,1H3,(H,18,19,22). The van der Waals surface area contributed by atoms with Gasteiger partial charge in [0.1, 0.15) is 0 Å². The summed E-state index contributed by atoms with van der Waals surface area (Å²) in [6.07, 6.45) is -0.653. The normalized spacial score (nSPS) is 22.0. The summed E-state index contributed by atoms with van der Waals surface area (Å²) in [4.78, 5) is 18.8. The Hall–Kier alpha value is -2.03. The highest BCUT2D eigenvalue weighted by Crippen LogP contribution is 2.31. The molecule has 23 heavy (non-hydrogen) atoms. The van der Waals surface area contributed by atoms with E-state index in [9.17, 15) is 4.79 Å². The first-order valence-electron chi connectivity index (χ1n) is 7.28. The lowest BCUT2D eigenvalue weighted by atomic mass is 10.0. The Morgan fingerprint density at radius 1 is 1.39 bits per heavy atom. The zero-order valence-corrected chi connectivity index (χ0v) is 13.5. The number of nitrogens with two attached hydrogens (primary N) is 2. The number of rotatable bonds is 1. The van der Waals surface area contributed by atoms with Gasteiger partial charge in [0, 0.05) is 18.7 Å². The summed E-state index contributed by atoms with van der Waals surface area (Å²) in [6.45, 7) is 4.40. The van der Waals surface area contributed by atoms with Crippen molar-refractivity contribution in [3.8, 4) is 0 Å². The molecule has 0 aliphatic carbocycles. The number of amides is 2. The predicted molar refractivity (Wildman–Crippen MR) is 87.7 cm³/mol. The van der Waals surface area contributed by atoms with E-state index in [1.807, 2.05) is 11.8 Å². The first kappa shape index (κ1) is 15.9. The summed E-state index contributed by atoms with van der Waals surface area (Å²) in [6, 6.07) is 3.04. The SMILES string of the molecule is Cc1cc(N)c(Cl)cc1C1N=C(N2CCOCC2)NC(=O)N1N. The van der Waals surface area contributed by atoms with Gasteiger partial charge in [0.2, 0.25) is 5.96 Å². The molecule has 0 spiro atoms. The van der Waals surface area contributed by atoms with Crippen molar-refractivity contribution >= 4 is 29.3 Å². The number of urea groups is 1. The number of halogens is 1. The summed E-state index contributed by atoms with van der Waals surface area (Å²) >= 11 is 6.11. The van der Waals surface area contributed by atoms with Crippen molar-refractivity contribution in [1.29, 1.82) is 0 Å². The van der Waals surface area contributed by atoms with Crippen LogP contribution in [0.5, 0.6) is 0 Å². The van der Waals surface area contributed by atoms with E-state index in [2.05, 4.69) is 10.3 Å². The fraction of sp³-hybridized carbons (Fsp3) is 0.429. The van der Waals surface area contributed by atoms with E-state index in [-0.39, 0.29) is 0 Å². The lowest BCUT2D eigenvalue weighted by Crippen LogP contribution is -2.58. The number of guanidine groups is 1. The number of carbonyl (C=O) groups is 1. The number of nitrogens with one attached hydrogen (secondary N) is 1. The first-order valence-corrected chi connectivity index (χ1v) is 7.66. The van der Waals surface area contributed by atoms with Crippen molar-refractivity contribution in [2.45, 2.75) is 13.1 Å². The molecule has 9 heteroatoms. The van der Waals surface area contributed by atoms with Gasteiger partial charge < -0.3 is 15.4 Å². The van der Waals surface area contributed by atoms with Crippen LogP contribution in [0.3, 0.4) is 0 Å². The van der Waals surface area contributed by atoms with Gasteiger partial charge in [0.15, 0.2) is 6.17 Å². The molecule has 1 atom stereocenters. The molecule has 1 aromatic carbocycles. The molecule has 0 aromatic heterocycles. The highest BCUT2D eigenvalue weighted by Gasteiger charge is 2.32. The number of hydrogen-bond acceptors (Lipinski definition) is 6. The Morgan fingerprint density at radius 3 is 2.78 bits per heavy atom. The predicted octanol–water partition coefficient (Wildman–Crippen LogP) is 0.816. The molecular formula is C14H19ClN6O2. The molecule has 0 bridgehead atoms. The van der Waals surface area contributed by atoms with E-state index in [4.69, 9.17) is 27.9 Å². The van der Waals surface area contributed by atoms with Gasteiger partial charge in [-0.05, 0) is 24.6 Å². The average molecular weight is 339 g/mol. The van der Waals surface area contributed by atoms with Crippen LogP contribution in [0.1, 0.15) is 17.3 Å². The smallest absolute Gasteiger partial charge is 0.340 e. The summed E-state index contributed by atoms with van der Waals surface area (Å²) < 4.78 is 5.32. The number of aliphatic imine (C=N–C) groups is 1. The number of hydrazine groups is 1. The second-order valence-electron chi connectivity index (χ2n) is 5.49. The summed E-state index contributed by atoms with van der Waals surface area (Å²) in [5, 5.41) is 4.17. The van der Waals surface area contributed by atoms with E-state index < -0.39 is 12.2 Å². The molecule has 8 nitrogen and oxygen atoms in total. The Kier molecular flexibility index (Phi) is 4.29. The number of ether oxygens (including phenoxy) is 1. The maximum absolute atomic E-state index is 12.2. The Morgan fingerprint density at radius 2 is 2.09 bits per heavy atom. The molecular weight excluding hydrogens is 320 g/mol. The van der Waals surface area contributed by atoms with Crippen molar-refractivity contribution < 1.29 is 9.53 Å². The van der Waals surface area contributed by atoms with E-state index in [0.717, 1.165) is 16.1 Å². The van der Waals surface area contributed by atoms with Crippen molar-refractivity contribution in [2.24, 2.45) is 10.8 Å². The van der Waals surface area contributed by atoms with Crippen LogP contribution < -0.4 is 16.9 Å². The van der Waals surface area contributed by atoms with Crippen LogP contribution >= 0.6 is 11.6 Å². The van der Waals surface area contributed by atoms with Gasteiger partial charge in [-0.2, -0.15) is 0 Å². The fourth-order valence-electron chi connectivity index (χ4n) is 2.63. The highest BCUT2D eigenvalue weighted by molar-refractivity contribution is 6.33. The van der Waals surface area contributed by atoms with Crippen LogP contribution in [-0.2, 0) is 4.74 Å². The average Bonchev–Trinajstić information content (AvgIpc) is 2.54. The molecule has 1 unspecified atom stereocenters. The Labute approximate surface area is 139 Å². The Balaban J connectivity index is 1.98. The van der Waals surface area contributed by atoms with Gasteiger partial charge in [0.05, 0.1) is 23.9 Å². The van der Waals surface area contributed by atoms with Crippen LogP contribution in [0.4, 0.5) is 10.5 Å². The second kappa shape index (κ2) is 6.23. The van der Waals surface area contributed by atoms with E-state index in [0.29, 0.717) is 43.0 Å². The van der Waals surface area contributed by atoms with Crippen LogP contribution in [0.2, 0.25) is 5.02 Å². The molecule has 1 fully saturated rings. The maximum atomic E-state index is 12.2. The number of hydrogen-bond donors (Lipinski definition) is 3. The monoisotopic (exact) mass is 338 g/mol. The van der Waals surface area contributed by atoms with Gasteiger partial charge >= 0.3 is 6.03 Å².